The Morgan fingerprint density at radius 3 is 2.35 bits per heavy atom. The van der Waals surface area contributed by atoms with Gasteiger partial charge in [-0.05, 0) is 38.0 Å². The van der Waals surface area contributed by atoms with E-state index in [0.29, 0.717) is 20.7 Å². The lowest BCUT2D eigenvalue weighted by atomic mass is 10.1. The van der Waals surface area contributed by atoms with E-state index in [9.17, 15) is 14.6 Å². The number of benzene rings is 1. The van der Waals surface area contributed by atoms with Crippen LogP contribution in [0.2, 0.25) is 10.0 Å². The van der Waals surface area contributed by atoms with Crippen molar-refractivity contribution in [1.82, 2.24) is 5.06 Å². The average Bonchev–Trinajstić information content (AvgIpc) is 2.51. The Balaban J connectivity index is 3.20. The number of hydroxylamine groups is 2. The van der Waals surface area contributed by atoms with Crippen LogP contribution in [0.25, 0.3) is 0 Å². The topological polar surface area (TPSA) is 76.1 Å². The van der Waals surface area contributed by atoms with Gasteiger partial charge in [-0.1, -0.05) is 29.3 Å². The van der Waals surface area contributed by atoms with Crippen LogP contribution < -0.4 is 0 Å². The highest BCUT2D eigenvalue weighted by molar-refractivity contribution is 7.54. The molecule has 0 spiro atoms. The Bertz CT molecular complexity index is 562. The third-order valence-corrected chi connectivity index (χ3v) is 6.38. The van der Waals surface area contributed by atoms with E-state index in [1.807, 2.05) is 0 Å². The fraction of sp³-hybridized carbons (Fsp3) is 0.500. The van der Waals surface area contributed by atoms with Crippen molar-refractivity contribution in [3.05, 3.63) is 33.8 Å². The molecule has 130 valence electrons. The molecule has 0 aromatic heterocycles. The lowest BCUT2D eigenvalue weighted by molar-refractivity contribution is -0.149. The number of carbonyl (C=O) groups excluding carboxylic acids is 1. The quantitative estimate of drug-likeness (QED) is 0.278. The van der Waals surface area contributed by atoms with Crippen LogP contribution in [0.1, 0.15) is 31.5 Å². The van der Waals surface area contributed by atoms with Gasteiger partial charge in [-0.25, -0.2) is 5.06 Å². The summed E-state index contributed by atoms with van der Waals surface area (Å²) in [6.07, 6.45) is 0.447. The van der Waals surface area contributed by atoms with Crippen LogP contribution in [-0.4, -0.2) is 36.4 Å². The first kappa shape index (κ1) is 20.4. The second-order valence-electron chi connectivity index (χ2n) is 4.62. The summed E-state index contributed by atoms with van der Waals surface area (Å²) >= 11 is 11.9. The van der Waals surface area contributed by atoms with Crippen LogP contribution in [0.5, 0.6) is 0 Å². The lowest BCUT2D eigenvalue weighted by Crippen LogP contribution is -2.21. The average molecular weight is 384 g/mol. The zero-order chi connectivity index (χ0) is 17.5. The van der Waals surface area contributed by atoms with Crippen molar-refractivity contribution in [3.63, 3.8) is 0 Å². The minimum Gasteiger partial charge on any atom is -0.308 e. The van der Waals surface area contributed by atoms with Crippen molar-refractivity contribution in [2.24, 2.45) is 0 Å². The standard InChI is InChI=1S/C14H20Cl2NO5P/c1-3-21-23(20,22-4-2)14(7-8-17(19)10-18)11-5-6-12(15)13(16)9-11/h5-6,9-10,14,19H,3-4,7-8H2,1-2H3. The summed E-state index contributed by atoms with van der Waals surface area (Å²) in [4.78, 5) is 10.6. The second kappa shape index (κ2) is 9.62. The summed E-state index contributed by atoms with van der Waals surface area (Å²) in [6.45, 7) is 3.79. The number of hydrogen-bond acceptors (Lipinski definition) is 5. The van der Waals surface area contributed by atoms with Gasteiger partial charge in [0, 0.05) is 6.54 Å². The molecule has 0 saturated heterocycles. The molecule has 1 aromatic carbocycles. The molecule has 0 aliphatic heterocycles. The molecule has 0 fully saturated rings. The van der Waals surface area contributed by atoms with Gasteiger partial charge in [0.15, 0.2) is 0 Å². The van der Waals surface area contributed by atoms with E-state index in [-0.39, 0.29) is 32.6 Å². The van der Waals surface area contributed by atoms with Crippen molar-refractivity contribution < 1.29 is 23.6 Å². The zero-order valence-electron chi connectivity index (χ0n) is 12.9. The highest BCUT2D eigenvalue weighted by Crippen LogP contribution is 2.62. The van der Waals surface area contributed by atoms with Crippen LogP contribution in [0.3, 0.4) is 0 Å². The predicted molar refractivity (Wildman–Crippen MR) is 89.2 cm³/mol. The molecule has 1 atom stereocenters. The van der Waals surface area contributed by atoms with E-state index in [1.165, 1.54) is 0 Å². The molecule has 6 nitrogen and oxygen atoms in total. The minimum absolute atomic E-state index is 0.0292. The van der Waals surface area contributed by atoms with Gasteiger partial charge >= 0.3 is 7.60 Å². The van der Waals surface area contributed by atoms with Gasteiger partial charge in [0.2, 0.25) is 6.41 Å². The third kappa shape index (κ3) is 5.75. The molecule has 1 rings (SSSR count). The Labute approximate surface area is 145 Å². The normalized spacial score (nSPS) is 12.9. The highest BCUT2D eigenvalue weighted by Gasteiger charge is 2.37. The summed E-state index contributed by atoms with van der Waals surface area (Å²) in [6, 6.07) is 4.85. The Hall–Kier alpha value is -0.620. The molecule has 1 aromatic rings. The predicted octanol–water partition coefficient (Wildman–Crippen LogP) is 4.54. The first-order valence-corrected chi connectivity index (χ1v) is 9.49. The lowest BCUT2D eigenvalue weighted by Gasteiger charge is -2.27. The molecular formula is C14H20Cl2NO5P. The molecule has 0 saturated carbocycles. The Kier molecular flexibility index (Phi) is 8.54. The number of rotatable bonds is 10. The third-order valence-electron chi connectivity index (χ3n) is 3.08. The minimum atomic E-state index is -3.51. The number of hydrogen-bond donors (Lipinski definition) is 1. The van der Waals surface area contributed by atoms with E-state index in [1.54, 1.807) is 32.0 Å². The monoisotopic (exact) mass is 383 g/mol. The van der Waals surface area contributed by atoms with Crippen molar-refractivity contribution in [2.75, 3.05) is 19.8 Å². The maximum Gasteiger partial charge on any atom is 0.338 e. The van der Waals surface area contributed by atoms with Crippen LogP contribution in [0.4, 0.5) is 0 Å². The van der Waals surface area contributed by atoms with Crippen molar-refractivity contribution in [1.29, 1.82) is 0 Å². The molecule has 23 heavy (non-hydrogen) atoms. The molecular weight excluding hydrogens is 364 g/mol. The van der Waals surface area contributed by atoms with E-state index in [0.717, 1.165) is 0 Å². The summed E-state index contributed by atoms with van der Waals surface area (Å²) in [7, 11) is -3.51. The first-order chi connectivity index (χ1) is 10.9. The van der Waals surface area contributed by atoms with Gasteiger partial charge in [-0.2, -0.15) is 0 Å². The van der Waals surface area contributed by atoms with Crippen LogP contribution in [0, 0.1) is 0 Å². The van der Waals surface area contributed by atoms with Crippen molar-refractivity contribution in [3.8, 4) is 0 Å². The van der Waals surface area contributed by atoms with Crippen LogP contribution in [0.15, 0.2) is 18.2 Å². The summed E-state index contributed by atoms with van der Waals surface area (Å²) in [5.41, 5.74) is -0.0873. The zero-order valence-corrected chi connectivity index (χ0v) is 15.4. The van der Waals surface area contributed by atoms with Gasteiger partial charge in [0.05, 0.1) is 28.9 Å². The second-order valence-corrected chi connectivity index (χ2v) is 7.66. The smallest absolute Gasteiger partial charge is 0.308 e. The van der Waals surface area contributed by atoms with Gasteiger partial charge in [0.25, 0.3) is 0 Å². The van der Waals surface area contributed by atoms with Gasteiger partial charge in [-0.15, -0.1) is 0 Å². The van der Waals surface area contributed by atoms with Crippen molar-refractivity contribution >= 4 is 37.2 Å². The summed E-state index contributed by atoms with van der Waals surface area (Å²) in [5.74, 6) is 0. The Morgan fingerprint density at radius 2 is 1.87 bits per heavy atom. The van der Waals surface area contributed by atoms with E-state index in [4.69, 9.17) is 32.2 Å². The maximum absolute atomic E-state index is 13.1. The van der Waals surface area contributed by atoms with E-state index >= 15 is 0 Å². The van der Waals surface area contributed by atoms with Crippen LogP contribution in [-0.2, 0) is 18.4 Å². The molecule has 9 heteroatoms. The molecule has 1 amide bonds. The van der Waals surface area contributed by atoms with Crippen LogP contribution >= 0.6 is 30.8 Å². The first-order valence-electron chi connectivity index (χ1n) is 7.12. The number of amides is 1. The maximum atomic E-state index is 13.1. The van der Waals surface area contributed by atoms with E-state index < -0.39 is 13.3 Å². The molecule has 1 N–H and O–H groups in total. The number of nitrogens with zero attached hydrogens (tertiary/aromatic N) is 1. The summed E-state index contributed by atoms with van der Waals surface area (Å²) < 4.78 is 23.9. The SMILES string of the molecule is CCOP(=O)(OCC)C(CCN(O)C=O)c1ccc(Cl)c(Cl)c1. The fourth-order valence-corrected chi connectivity index (χ4v) is 4.53. The molecule has 0 radical (unpaired) electrons. The molecule has 0 aliphatic rings. The van der Waals surface area contributed by atoms with Gasteiger partial charge in [0.1, 0.15) is 0 Å². The van der Waals surface area contributed by atoms with Crippen molar-refractivity contribution in [2.45, 2.75) is 25.9 Å². The fourth-order valence-electron chi connectivity index (χ4n) is 2.11. The largest absolute Gasteiger partial charge is 0.338 e. The number of halogens is 2. The van der Waals surface area contributed by atoms with Gasteiger partial charge in [-0.3, -0.25) is 14.6 Å². The molecule has 0 heterocycles. The Morgan fingerprint density at radius 1 is 1.26 bits per heavy atom. The molecule has 1 unspecified atom stereocenters. The number of carbonyl (C=O) groups is 1. The molecule has 0 aliphatic carbocycles. The summed E-state index contributed by atoms with van der Waals surface area (Å²) in [5, 5.41) is 10.5. The molecule has 0 bridgehead atoms. The highest BCUT2D eigenvalue weighted by atomic mass is 35.5. The van der Waals surface area contributed by atoms with E-state index in [2.05, 4.69) is 0 Å². The van der Waals surface area contributed by atoms with Gasteiger partial charge < -0.3 is 9.05 Å².